The fourth-order valence-electron chi connectivity index (χ4n) is 3.02. The van der Waals surface area contributed by atoms with Crippen LogP contribution in [0.3, 0.4) is 0 Å². The molecule has 3 nitrogen and oxygen atoms in total. The first kappa shape index (κ1) is 11.9. The van der Waals surface area contributed by atoms with Gasteiger partial charge in [0.15, 0.2) is 0 Å². The fourth-order valence-corrected chi connectivity index (χ4v) is 3.02. The highest BCUT2D eigenvalue weighted by molar-refractivity contribution is 4.92. The third-order valence-electron chi connectivity index (χ3n) is 4.45. The minimum atomic E-state index is 0.158. The summed E-state index contributed by atoms with van der Waals surface area (Å²) in [7, 11) is 0. The molecule has 2 aliphatic carbocycles. The van der Waals surface area contributed by atoms with E-state index >= 15 is 0 Å². The van der Waals surface area contributed by atoms with Crippen molar-refractivity contribution in [2.45, 2.75) is 56.6 Å². The molecule has 3 heteroatoms. The number of ether oxygens (including phenoxy) is 2. The van der Waals surface area contributed by atoms with E-state index in [1.165, 1.54) is 44.9 Å². The van der Waals surface area contributed by atoms with Crippen molar-refractivity contribution in [3.63, 3.8) is 0 Å². The van der Waals surface area contributed by atoms with Gasteiger partial charge in [0.05, 0.1) is 18.8 Å². The van der Waals surface area contributed by atoms with Crippen molar-refractivity contribution >= 4 is 0 Å². The van der Waals surface area contributed by atoms with Crippen molar-refractivity contribution in [3.8, 4) is 0 Å². The van der Waals surface area contributed by atoms with E-state index in [1.54, 1.807) is 0 Å². The van der Waals surface area contributed by atoms with Crippen LogP contribution >= 0.6 is 0 Å². The van der Waals surface area contributed by atoms with Crippen LogP contribution in [0.15, 0.2) is 0 Å². The highest BCUT2D eigenvalue weighted by Crippen LogP contribution is 2.34. The summed E-state index contributed by atoms with van der Waals surface area (Å²) in [5.74, 6) is 0.647. The number of rotatable bonds is 6. The van der Waals surface area contributed by atoms with Crippen LogP contribution in [0.5, 0.6) is 0 Å². The van der Waals surface area contributed by atoms with Gasteiger partial charge in [-0.05, 0) is 32.1 Å². The quantitative estimate of drug-likeness (QED) is 0.770. The van der Waals surface area contributed by atoms with Gasteiger partial charge in [-0.1, -0.05) is 12.8 Å². The first-order valence-electron chi connectivity index (χ1n) is 7.31. The molecule has 3 fully saturated rings. The van der Waals surface area contributed by atoms with Crippen molar-refractivity contribution in [2.24, 2.45) is 5.92 Å². The van der Waals surface area contributed by atoms with Gasteiger partial charge in [0, 0.05) is 25.1 Å². The molecule has 2 saturated carbocycles. The standard InChI is InChI=1S/C14H25NO2/c1-2-7-14(6-1,11-15-13-3-4-13)17-10-12-5-8-16-9-12/h12-13,15H,1-11H2. The summed E-state index contributed by atoms with van der Waals surface area (Å²) in [6.07, 6.45) is 9.10. The number of hydrogen-bond acceptors (Lipinski definition) is 3. The fraction of sp³-hybridized carbons (Fsp3) is 1.00. The normalized spacial score (nSPS) is 32.1. The van der Waals surface area contributed by atoms with Crippen molar-refractivity contribution in [1.29, 1.82) is 0 Å². The average Bonchev–Trinajstić information content (AvgIpc) is 2.86. The molecule has 1 heterocycles. The molecule has 0 spiro atoms. The summed E-state index contributed by atoms with van der Waals surface area (Å²) in [4.78, 5) is 0. The Balaban J connectivity index is 1.47. The molecule has 1 atom stereocenters. The lowest BCUT2D eigenvalue weighted by molar-refractivity contribution is -0.0557. The van der Waals surface area contributed by atoms with E-state index in [0.717, 1.165) is 32.4 Å². The zero-order chi connectivity index (χ0) is 11.6. The van der Waals surface area contributed by atoms with E-state index in [2.05, 4.69) is 5.32 Å². The summed E-state index contributed by atoms with van der Waals surface area (Å²) in [6.45, 7) is 3.82. The summed E-state index contributed by atoms with van der Waals surface area (Å²) < 4.78 is 11.7. The Morgan fingerprint density at radius 2 is 2.00 bits per heavy atom. The number of hydrogen-bond donors (Lipinski definition) is 1. The smallest absolute Gasteiger partial charge is 0.0806 e. The van der Waals surface area contributed by atoms with Gasteiger partial charge in [0.2, 0.25) is 0 Å². The molecule has 98 valence electrons. The minimum absolute atomic E-state index is 0.158. The molecule has 0 bridgehead atoms. The van der Waals surface area contributed by atoms with Gasteiger partial charge in [-0.3, -0.25) is 0 Å². The van der Waals surface area contributed by atoms with Crippen LogP contribution in [0.4, 0.5) is 0 Å². The second-order valence-corrected chi connectivity index (χ2v) is 6.09. The van der Waals surface area contributed by atoms with Crippen LogP contribution in [0.25, 0.3) is 0 Å². The van der Waals surface area contributed by atoms with Gasteiger partial charge in [-0.2, -0.15) is 0 Å². The Morgan fingerprint density at radius 1 is 1.18 bits per heavy atom. The van der Waals surface area contributed by atoms with Crippen molar-refractivity contribution < 1.29 is 9.47 Å². The largest absolute Gasteiger partial charge is 0.381 e. The Kier molecular flexibility index (Phi) is 3.69. The van der Waals surface area contributed by atoms with Gasteiger partial charge in [-0.25, -0.2) is 0 Å². The lowest BCUT2D eigenvalue weighted by Crippen LogP contribution is -2.42. The molecule has 3 aliphatic rings. The molecule has 1 aliphatic heterocycles. The highest BCUT2D eigenvalue weighted by Gasteiger charge is 2.37. The summed E-state index contributed by atoms with van der Waals surface area (Å²) in [6, 6.07) is 0.797. The van der Waals surface area contributed by atoms with Gasteiger partial charge >= 0.3 is 0 Å². The van der Waals surface area contributed by atoms with E-state index in [0.29, 0.717) is 5.92 Å². The minimum Gasteiger partial charge on any atom is -0.381 e. The molecule has 0 amide bonds. The second-order valence-electron chi connectivity index (χ2n) is 6.09. The average molecular weight is 239 g/mol. The van der Waals surface area contributed by atoms with Crippen molar-refractivity contribution in [1.82, 2.24) is 5.32 Å². The van der Waals surface area contributed by atoms with Gasteiger partial charge in [0.1, 0.15) is 0 Å². The molecule has 1 unspecified atom stereocenters. The maximum atomic E-state index is 6.31. The Hall–Kier alpha value is -0.120. The van der Waals surface area contributed by atoms with Crippen LogP contribution in [0, 0.1) is 5.92 Å². The molecular formula is C14H25NO2. The molecule has 1 saturated heterocycles. The van der Waals surface area contributed by atoms with Crippen LogP contribution < -0.4 is 5.32 Å². The predicted molar refractivity (Wildman–Crippen MR) is 67.1 cm³/mol. The second kappa shape index (κ2) is 5.25. The van der Waals surface area contributed by atoms with Crippen LogP contribution in [-0.4, -0.2) is 38.0 Å². The monoisotopic (exact) mass is 239 g/mol. The summed E-state index contributed by atoms with van der Waals surface area (Å²) in [5, 5.41) is 3.66. The Morgan fingerprint density at radius 3 is 2.65 bits per heavy atom. The maximum absolute atomic E-state index is 6.31. The third-order valence-corrected chi connectivity index (χ3v) is 4.45. The molecule has 0 aromatic heterocycles. The van der Waals surface area contributed by atoms with E-state index < -0.39 is 0 Å². The van der Waals surface area contributed by atoms with Gasteiger partial charge in [0.25, 0.3) is 0 Å². The molecule has 0 aromatic carbocycles. The molecule has 1 N–H and O–H groups in total. The molecular weight excluding hydrogens is 214 g/mol. The zero-order valence-corrected chi connectivity index (χ0v) is 10.7. The zero-order valence-electron chi connectivity index (χ0n) is 10.7. The Bertz CT molecular complexity index is 241. The van der Waals surface area contributed by atoms with Crippen molar-refractivity contribution in [3.05, 3.63) is 0 Å². The molecule has 0 radical (unpaired) electrons. The van der Waals surface area contributed by atoms with Crippen LogP contribution in [0.1, 0.15) is 44.9 Å². The summed E-state index contributed by atoms with van der Waals surface area (Å²) >= 11 is 0. The van der Waals surface area contributed by atoms with Crippen LogP contribution in [0.2, 0.25) is 0 Å². The predicted octanol–water partition coefficient (Wildman–Crippen LogP) is 2.10. The number of nitrogens with one attached hydrogen (secondary N) is 1. The highest BCUT2D eigenvalue weighted by atomic mass is 16.5. The summed E-state index contributed by atoms with van der Waals surface area (Å²) in [5.41, 5.74) is 0.158. The first-order chi connectivity index (χ1) is 8.36. The third kappa shape index (κ3) is 3.21. The Labute approximate surface area is 104 Å². The van der Waals surface area contributed by atoms with E-state index in [4.69, 9.17) is 9.47 Å². The van der Waals surface area contributed by atoms with E-state index in [-0.39, 0.29) is 5.60 Å². The van der Waals surface area contributed by atoms with Crippen molar-refractivity contribution in [2.75, 3.05) is 26.4 Å². The topological polar surface area (TPSA) is 30.5 Å². The SMILES string of the molecule is C1CCC(CNC2CC2)(OCC2CCOC2)C1. The molecule has 3 rings (SSSR count). The maximum Gasteiger partial charge on any atom is 0.0806 e. The van der Waals surface area contributed by atoms with Crippen LogP contribution in [-0.2, 0) is 9.47 Å². The molecule has 17 heavy (non-hydrogen) atoms. The van der Waals surface area contributed by atoms with E-state index in [1.807, 2.05) is 0 Å². The van der Waals surface area contributed by atoms with E-state index in [9.17, 15) is 0 Å². The lowest BCUT2D eigenvalue weighted by atomic mass is 10.0. The molecule has 0 aromatic rings. The first-order valence-corrected chi connectivity index (χ1v) is 7.31. The lowest BCUT2D eigenvalue weighted by Gasteiger charge is -2.31. The van der Waals surface area contributed by atoms with Gasteiger partial charge < -0.3 is 14.8 Å². The van der Waals surface area contributed by atoms with Gasteiger partial charge in [-0.15, -0.1) is 0 Å².